The lowest BCUT2D eigenvalue weighted by Crippen LogP contribution is -2.02. The second-order valence-corrected chi connectivity index (χ2v) is 36.6. The molecule has 6 nitrogen and oxygen atoms in total. The van der Waals surface area contributed by atoms with E-state index in [2.05, 4.69) is 486 Å². The number of allylic oxidation sites excluding steroid dienone is 50. The minimum absolute atomic E-state index is 0.125. The summed E-state index contributed by atoms with van der Waals surface area (Å²) in [7, 11) is 9.50. The van der Waals surface area contributed by atoms with Crippen LogP contribution in [-0.4, -0.2) is 48.8 Å². The Bertz CT molecular complexity index is 3360. The highest BCUT2D eigenvalue weighted by Gasteiger charge is 2.35. The molecule has 0 amide bonds. The molecule has 0 aliphatic carbocycles. The number of hydrogen-bond donors (Lipinski definition) is 0. The molecule has 0 saturated carbocycles. The molecule has 12 unspecified atom stereocenters. The smallest absolute Gasteiger partial charge is 0.103 e. The molecule has 12 atom stereocenters. The Balaban J connectivity index is -0.000000805. The Morgan fingerprint density at radius 2 is 0.394 bits per heavy atom. The van der Waals surface area contributed by atoms with Crippen LogP contribution in [-0.2, 0) is 27.6 Å². The first-order valence-electron chi connectivity index (χ1n) is 56.6. The SMILES string of the molecule is CC/C=C\C/C=C\C/C=C\C/C=C\C=C\C(CCCCCC)OP.CC/C=C\C/C=C\CC(/C=C/C=C\C/C=C\CCCCCC)OP.CC/C=C\CC1OC1/C=C/C=C/C=C\C/C=C\CCCCCC.CCC=CCC1OC1C=CC=CC=CCC=CCCCCCC.CCC=CCC=CCC(C=CC=CCC=CCCCCCC)OP.CCC=CCC=CCC=CCC=CC=CC(CCCCCC)OP. The summed E-state index contributed by atoms with van der Waals surface area (Å²) in [6.07, 6.45) is 194. The highest BCUT2D eigenvalue weighted by molar-refractivity contribution is 7.10. The molecule has 0 N–H and O–H groups in total. The molecule has 0 aromatic carbocycles. The van der Waals surface area contributed by atoms with Gasteiger partial charge < -0.3 is 27.6 Å². The van der Waals surface area contributed by atoms with Crippen molar-refractivity contribution >= 4 is 37.9 Å². The highest BCUT2D eigenvalue weighted by atomic mass is 31.0. The summed E-state index contributed by atoms with van der Waals surface area (Å²) >= 11 is 0. The zero-order valence-electron chi connectivity index (χ0n) is 92.8. The van der Waals surface area contributed by atoms with Gasteiger partial charge in [-0.15, -0.1) is 0 Å². The monoisotopic (exact) mass is 2020 g/mol. The van der Waals surface area contributed by atoms with Crippen LogP contribution in [0.4, 0.5) is 0 Å². The molecule has 800 valence electrons. The Hall–Kier alpha value is -6.32. The fourth-order valence-corrected chi connectivity index (χ4v) is 14.3. The van der Waals surface area contributed by atoms with Crippen LogP contribution in [0.1, 0.15) is 417 Å². The second-order valence-electron chi connectivity index (χ2n) is 35.5. The van der Waals surface area contributed by atoms with E-state index in [1.54, 1.807) is 0 Å². The van der Waals surface area contributed by atoms with Crippen molar-refractivity contribution in [2.45, 2.75) is 466 Å². The van der Waals surface area contributed by atoms with Gasteiger partial charge in [0.25, 0.3) is 0 Å². The van der Waals surface area contributed by atoms with Crippen molar-refractivity contribution in [3.05, 3.63) is 365 Å². The molecule has 2 saturated heterocycles. The van der Waals surface area contributed by atoms with Crippen LogP contribution in [0, 0.1) is 0 Å². The average Bonchev–Trinajstić information content (AvgIpc) is 1.71. The van der Waals surface area contributed by atoms with Gasteiger partial charge in [0, 0.05) is 37.9 Å². The normalized spacial score (nSPS) is 16.7. The van der Waals surface area contributed by atoms with E-state index in [-0.39, 0.29) is 24.4 Å². The molecule has 2 fully saturated rings. The largest absolute Gasteiger partial charge is 0.365 e. The molecule has 2 heterocycles. The van der Waals surface area contributed by atoms with Gasteiger partial charge >= 0.3 is 0 Å². The summed E-state index contributed by atoms with van der Waals surface area (Å²) in [6.45, 7) is 26.4. The third-order valence-electron chi connectivity index (χ3n) is 22.2. The molecule has 2 rings (SSSR count). The van der Waals surface area contributed by atoms with Crippen LogP contribution < -0.4 is 0 Å². The van der Waals surface area contributed by atoms with Crippen LogP contribution in [0.2, 0.25) is 0 Å². The number of ether oxygens (including phenoxy) is 2. The maximum atomic E-state index is 5.57. The van der Waals surface area contributed by atoms with Crippen molar-refractivity contribution < 1.29 is 27.6 Å². The maximum Gasteiger partial charge on any atom is 0.103 e. The van der Waals surface area contributed by atoms with Gasteiger partial charge in [0.2, 0.25) is 0 Å². The van der Waals surface area contributed by atoms with E-state index in [0.717, 1.165) is 154 Å². The summed E-state index contributed by atoms with van der Waals surface area (Å²) in [4.78, 5) is 0. The van der Waals surface area contributed by atoms with Crippen molar-refractivity contribution in [2.75, 3.05) is 0 Å². The highest BCUT2D eigenvalue weighted by Crippen LogP contribution is 2.28. The molecule has 142 heavy (non-hydrogen) atoms. The predicted octanol–water partition coefficient (Wildman–Crippen LogP) is 43.4. The van der Waals surface area contributed by atoms with Crippen molar-refractivity contribution in [3.8, 4) is 0 Å². The van der Waals surface area contributed by atoms with E-state index in [9.17, 15) is 0 Å². The van der Waals surface area contributed by atoms with Crippen LogP contribution in [0.5, 0.6) is 0 Å². The third kappa shape index (κ3) is 124. The lowest BCUT2D eigenvalue weighted by Gasteiger charge is -2.09. The maximum absolute atomic E-state index is 5.57. The van der Waals surface area contributed by atoms with Gasteiger partial charge in [-0.2, -0.15) is 0 Å². The van der Waals surface area contributed by atoms with Gasteiger partial charge in [-0.1, -0.05) is 576 Å². The Kier molecular flexibility index (Phi) is 131. The molecule has 0 aromatic rings. The molecule has 0 radical (unpaired) electrons. The average molecular weight is 2020 g/mol. The second kappa shape index (κ2) is 131. The molecule has 0 spiro atoms. The summed E-state index contributed by atoms with van der Waals surface area (Å²) in [5.74, 6) is 0. The van der Waals surface area contributed by atoms with Gasteiger partial charge in [0.05, 0.1) is 36.6 Å². The van der Waals surface area contributed by atoms with Crippen LogP contribution >= 0.6 is 37.9 Å². The topological polar surface area (TPSA) is 62.0 Å². The van der Waals surface area contributed by atoms with Gasteiger partial charge in [-0.05, 0) is 205 Å². The molecular formula is C132H216O6P4. The standard InChI is InChI=1S/4C22H37OP.2C22H34O/c2*1-3-5-7-9-10-11-12-13-14-15-16-17-19-21-22(23-24)20-18-8-6-4-2;2*1-3-5-7-9-11-12-13-14-15-17-19-21-22(23-24)20-18-16-10-8-6-4-2;2*1-3-5-7-8-9-10-11-12-13-14-15-16-18-20-22-21(23-22)19-17-6-4-2/h2*5,7,10-11,13-14,16-17,19,21-22H,3-4,6,8-9,12,15,18,20,24H2,1-2H3;2*6,8,12-13,15-19,21-22H,3-5,7,9-11,14,20,24H2,1-2H3;2*6,10-11,13-18,20-22H,3-5,7-9,12,19H2,1-2H3/b7-5-,11-10-,14-13-,17-16-,21-19+;;8-6-,13-12-,17-15-,18-16-,21-19+;;11-10-,14-13-,16-15+,17-6-,20-18+;. The Labute approximate surface area is 889 Å². The van der Waals surface area contributed by atoms with Crippen molar-refractivity contribution in [3.63, 3.8) is 0 Å². The fraction of sp³-hybridized carbons (Fsp3) is 0.545. The molecule has 2 aliphatic rings. The third-order valence-corrected chi connectivity index (χ3v) is 23.6. The first-order valence-corrected chi connectivity index (χ1v) is 58.5. The number of unbranched alkanes of at least 4 members (excludes halogenated alkanes) is 22. The first kappa shape index (κ1) is 142. The zero-order valence-corrected chi connectivity index (χ0v) is 97.4. The Morgan fingerprint density at radius 1 is 0.190 bits per heavy atom. The zero-order chi connectivity index (χ0) is 104. The van der Waals surface area contributed by atoms with Crippen LogP contribution in [0.3, 0.4) is 0 Å². The van der Waals surface area contributed by atoms with E-state index in [4.69, 9.17) is 27.6 Å². The lowest BCUT2D eigenvalue weighted by atomic mass is 10.1. The molecular weight excluding hydrogens is 1810 g/mol. The molecule has 10 heteroatoms. The Morgan fingerprint density at radius 3 is 0.641 bits per heavy atom. The quantitative estimate of drug-likeness (QED) is 0.0199. The minimum atomic E-state index is 0.125. The lowest BCUT2D eigenvalue weighted by molar-refractivity contribution is 0.274. The van der Waals surface area contributed by atoms with E-state index in [0.29, 0.717) is 24.4 Å². The molecule has 0 aromatic heterocycles. The first-order chi connectivity index (χ1) is 70.1. The van der Waals surface area contributed by atoms with Gasteiger partial charge in [0.15, 0.2) is 0 Å². The van der Waals surface area contributed by atoms with E-state index >= 15 is 0 Å². The number of hydrogen-bond acceptors (Lipinski definition) is 6. The summed E-state index contributed by atoms with van der Waals surface area (Å²) in [6, 6.07) is 0. The van der Waals surface area contributed by atoms with E-state index in [1.165, 1.54) is 180 Å². The van der Waals surface area contributed by atoms with Crippen molar-refractivity contribution in [1.82, 2.24) is 0 Å². The van der Waals surface area contributed by atoms with E-state index in [1.807, 2.05) is 0 Å². The predicted molar refractivity (Wildman–Crippen MR) is 658 cm³/mol. The summed E-state index contributed by atoms with van der Waals surface area (Å²) in [5.41, 5.74) is 0. The minimum Gasteiger partial charge on any atom is -0.365 e. The van der Waals surface area contributed by atoms with Gasteiger partial charge in [-0.25, -0.2) is 0 Å². The summed E-state index contributed by atoms with van der Waals surface area (Å²) in [5, 5.41) is 0. The summed E-state index contributed by atoms with van der Waals surface area (Å²) < 4.78 is 32.7. The van der Waals surface area contributed by atoms with Crippen molar-refractivity contribution in [2.24, 2.45) is 0 Å². The van der Waals surface area contributed by atoms with Crippen LogP contribution in [0.25, 0.3) is 0 Å². The molecule has 2 aliphatic heterocycles. The molecule has 0 bridgehead atoms. The van der Waals surface area contributed by atoms with Gasteiger partial charge in [-0.3, -0.25) is 0 Å². The van der Waals surface area contributed by atoms with Crippen molar-refractivity contribution in [1.29, 1.82) is 0 Å². The van der Waals surface area contributed by atoms with Crippen LogP contribution in [0.15, 0.2) is 365 Å². The number of epoxide rings is 2. The van der Waals surface area contributed by atoms with E-state index < -0.39 is 0 Å². The fourth-order valence-electron chi connectivity index (χ4n) is 13.5. The number of rotatable bonds is 86. The van der Waals surface area contributed by atoms with Gasteiger partial charge in [0.1, 0.15) is 12.2 Å².